The molecule has 0 bridgehead atoms. The fourth-order valence-corrected chi connectivity index (χ4v) is 1.39. The minimum Gasteiger partial charge on any atom is -0.371 e. The molecule has 0 aliphatic rings. The summed E-state index contributed by atoms with van der Waals surface area (Å²) < 4.78 is 25.4. The van der Waals surface area contributed by atoms with Gasteiger partial charge in [-0.3, -0.25) is 10.1 Å². The van der Waals surface area contributed by atoms with E-state index in [2.05, 4.69) is 9.32 Å². The standard InChI is InChI=1S/C7H8N2O5S/c1-5-4-6(14-15(8,12)13)2-3-7(5)9(10)11/h2-4H,1H3,(H2,8,12,13). The predicted octanol–water partition coefficient (Wildman–Crippen LogP) is 0.486. The molecular weight excluding hydrogens is 224 g/mol. The Kier molecular flexibility index (Phi) is 2.91. The number of hydrogen-bond acceptors (Lipinski definition) is 5. The van der Waals surface area contributed by atoms with E-state index in [9.17, 15) is 18.5 Å². The van der Waals surface area contributed by atoms with Gasteiger partial charge in [-0.05, 0) is 19.1 Å². The molecule has 0 unspecified atom stereocenters. The first kappa shape index (κ1) is 11.4. The van der Waals surface area contributed by atoms with Crippen LogP contribution in [0.3, 0.4) is 0 Å². The summed E-state index contributed by atoms with van der Waals surface area (Å²) in [6, 6.07) is 3.54. The Morgan fingerprint density at radius 2 is 2.07 bits per heavy atom. The van der Waals surface area contributed by atoms with Gasteiger partial charge in [0, 0.05) is 11.6 Å². The Balaban J connectivity index is 3.07. The van der Waals surface area contributed by atoms with Crippen molar-refractivity contribution in [3.8, 4) is 5.75 Å². The third-order valence-corrected chi connectivity index (χ3v) is 2.00. The van der Waals surface area contributed by atoms with Gasteiger partial charge in [0.2, 0.25) is 0 Å². The first-order chi connectivity index (χ1) is 6.79. The number of nitro benzene ring substituents is 1. The highest BCUT2D eigenvalue weighted by Crippen LogP contribution is 2.23. The Morgan fingerprint density at radius 1 is 1.47 bits per heavy atom. The molecule has 0 aliphatic carbocycles. The van der Waals surface area contributed by atoms with Gasteiger partial charge in [-0.1, -0.05) is 0 Å². The summed E-state index contributed by atoms with van der Waals surface area (Å²) >= 11 is 0. The van der Waals surface area contributed by atoms with Crippen LogP contribution in [0.5, 0.6) is 5.75 Å². The van der Waals surface area contributed by atoms with E-state index in [-0.39, 0.29) is 11.4 Å². The van der Waals surface area contributed by atoms with Crippen LogP contribution >= 0.6 is 0 Å². The van der Waals surface area contributed by atoms with Gasteiger partial charge in [-0.15, -0.1) is 0 Å². The maximum Gasteiger partial charge on any atom is 0.380 e. The number of hydrogen-bond donors (Lipinski definition) is 1. The van der Waals surface area contributed by atoms with Crippen molar-refractivity contribution in [2.75, 3.05) is 0 Å². The Morgan fingerprint density at radius 3 is 2.47 bits per heavy atom. The second-order valence-electron chi connectivity index (χ2n) is 2.78. The topological polar surface area (TPSA) is 113 Å². The molecule has 0 fully saturated rings. The lowest BCUT2D eigenvalue weighted by Gasteiger charge is -2.03. The van der Waals surface area contributed by atoms with Crippen LogP contribution in [-0.2, 0) is 10.3 Å². The third-order valence-electron chi connectivity index (χ3n) is 1.58. The molecule has 0 saturated heterocycles. The Labute approximate surface area is 85.9 Å². The van der Waals surface area contributed by atoms with Gasteiger partial charge in [0.1, 0.15) is 5.75 Å². The van der Waals surface area contributed by atoms with E-state index in [1.807, 2.05) is 0 Å². The maximum absolute atomic E-state index is 10.6. The zero-order valence-electron chi connectivity index (χ0n) is 7.71. The fraction of sp³-hybridized carbons (Fsp3) is 0.143. The van der Waals surface area contributed by atoms with Gasteiger partial charge < -0.3 is 4.18 Å². The molecule has 1 aromatic carbocycles. The number of nitro groups is 1. The summed E-state index contributed by atoms with van der Waals surface area (Å²) in [5, 5.41) is 15.1. The smallest absolute Gasteiger partial charge is 0.371 e. The lowest BCUT2D eigenvalue weighted by Crippen LogP contribution is -2.18. The summed E-state index contributed by atoms with van der Waals surface area (Å²) in [6.07, 6.45) is 0. The van der Waals surface area contributed by atoms with Crippen LogP contribution < -0.4 is 9.32 Å². The van der Waals surface area contributed by atoms with Crippen molar-refractivity contribution in [3.63, 3.8) is 0 Å². The molecule has 0 radical (unpaired) electrons. The first-order valence-electron chi connectivity index (χ1n) is 3.77. The summed E-state index contributed by atoms with van der Waals surface area (Å²) in [5.74, 6) is -0.0550. The molecule has 0 amide bonds. The molecule has 0 heterocycles. The van der Waals surface area contributed by atoms with E-state index >= 15 is 0 Å². The van der Waals surface area contributed by atoms with Crippen molar-refractivity contribution in [2.45, 2.75) is 6.92 Å². The number of nitrogens with two attached hydrogens (primary N) is 1. The van der Waals surface area contributed by atoms with Gasteiger partial charge in [0.05, 0.1) is 4.92 Å². The summed E-state index contributed by atoms with van der Waals surface area (Å²) in [7, 11) is -4.10. The van der Waals surface area contributed by atoms with Gasteiger partial charge in [-0.2, -0.15) is 13.6 Å². The summed E-state index contributed by atoms with van der Waals surface area (Å²) in [5.41, 5.74) is 0.179. The molecule has 0 spiro atoms. The van der Waals surface area contributed by atoms with E-state index in [1.54, 1.807) is 0 Å². The Hall–Kier alpha value is -1.67. The maximum atomic E-state index is 10.6. The van der Waals surface area contributed by atoms with Crippen LogP contribution in [0.15, 0.2) is 18.2 Å². The SMILES string of the molecule is Cc1cc(OS(N)(=O)=O)ccc1[N+](=O)[O-]. The number of benzene rings is 1. The molecule has 0 atom stereocenters. The average Bonchev–Trinajstić information content (AvgIpc) is 1.99. The number of aryl methyl sites for hydroxylation is 1. The Bertz CT molecular complexity index is 496. The summed E-state index contributed by atoms with van der Waals surface area (Å²) in [4.78, 5) is 9.87. The zero-order chi connectivity index (χ0) is 11.6. The molecule has 0 saturated carbocycles. The molecule has 0 aliphatic heterocycles. The van der Waals surface area contributed by atoms with Crippen LogP contribution in [0, 0.1) is 17.0 Å². The van der Waals surface area contributed by atoms with Crippen molar-refractivity contribution in [1.29, 1.82) is 0 Å². The van der Waals surface area contributed by atoms with E-state index in [0.717, 1.165) is 12.1 Å². The second kappa shape index (κ2) is 3.83. The molecule has 7 nitrogen and oxygen atoms in total. The number of rotatable bonds is 3. The largest absolute Gasteiger partial charge is 0.380 e. The van der Waals surface area contributed by atoms with E-state index in [0.29, 0.717) is 5.56 Å². The normalized spacial score (nSPS) is 11.1. The van der Waals surface area contributed by atoms with Gasteiger partial charge in [-0.25, -0.2) is 0 Å². The minimum atomic E-state index is -4.10. The quantitative estimate of drug-likeness (QED) is 0.601. The van der Waals surface area contributed by atoms with Gasteiger partial charge >= 0.3 is 10.3 Å². The van der Waals surface area contributed by atoms with Crippen LogP contribution in [0.25, 0.3) is 0 Å². The highest BCUT2D eigenvalue weighted by molar-refractivity contribution is 7.84. The molecule has 2 N–H and O–H groups in total. The van der Waals surface area contributed by atoms with Crippen LogP contribution in [0.1, 0.15) is 5.56 Å². The number of nitrogens with zero attached hydrogens (tertiary/aromatic N) is 1. The predicted molar refractivity (Wildman–Crippen MR) is 51.6 cm³/mol. The molecule has 8 heteroatoms. The van der Waals surface area contributed by atoms with Crippen molar-refractivity contribution in [1.82, 2.24) is 0 Å². The van der Waals surface area contributed by atoms with Gasteiger partial charge in [0.25, 0.3) is 5.69 Å². The van der Waals surface area contributed by atoms with E-state index in [1.165, 1.54) is 13.0 Å². The van der Waals surface area contributed by atoms with Crippen molar-refractivity contribution in [2.24, 2.45) is 5.14 Å². The van der Waals surface area contributed by atoms with Crippen molar-refractivity contribution in [3.05, 3.63) is 33.9 Å². The highest BCUT2D eigenvalue weighted by Gasteiger charge is 2.12. The monoisotopic (exact) mass is 232 g/mol. The molecule has 1 aromatic rings. The van der Waals surface area contributed by atoms with E-state index < -0.39 is 15.2 Å². The van der Waals surface area contributed by atoms with Crippen LogP contribution in [0.2, 0.25) is 0 Å². The minimum absolute atomic E-state index is 0.0550. The van der Waals surface area contributed by atoms with Crippen LogP contribution in [-0.4, -0.2) is 13.3 Å². The molecule has 0 aromatic heterocycles. The third kappa shape index (κ3) is 3.18. The van der Waals surface area contributed by atoms with E-state index in [4.69, 9.17) is 0 Å². The first-order valence-corrected chi connectivity index (χ1v) is 5.24. The lowest BCUT2D eigenvalue weighted by atomic mass is 10.2. The second-order valence-corrected chi connectivity index (χ2v) is 3.93. The summed E-state index contributed by atoms with van der Waals surface area (Å²) in [6.45, 7) is 1.47. The molecule has 1 rings (SSSR count). The van der Waals surface area contributed by atoms with Crippen molar-refractivity contribution < 1.29 is 17.5 Å². The van der Waals surface area contributed by atoms with Crippen LogP contribution in [0.4, 0.5) is 5.69 Å². The fourth-order valence-electron chi connectivity index (χ4n) is 1.02. The molecule has 15 heavy (non-hydrogen) atoms. The lowest BCUT2D eigenvalue weighted by molar-refractivity contribution is -0.385. The molecular formula is C7H8N2O5S. The van der Waals surface area contributed by atoms with Crippen molar-refractivity contribution >= 4 is 16.0 Å². The zero-order valence-corrected chi connectivity index (χ0v) is 8.52. The highest BCUT2D eigenvalue weighted by atomic mass is 32.2. The average molecular weight is 232 g/mol. The van der Waals surface area contributed by atoms with Gasteiger partial charge in [0.15, 0.2) is 0 Å². The molecule has 82 valence electrons.